The fraction of sp³-hybridized carbons (Fsp3) is 0.0526. The zero-order valence-corrected chi connectivity index (χ0v) is 13.8. The first-order valence-corrected chi connectivity index (χ1v) is 8.33. The molecule has 0 amide bonds. The van der Waals surface area contributed by atoms with Crippen LogP contribution in [0, 0.1) is 0 Å². The van der Waals surface area contributed by atoms with Crippen LogP contribution in [0.3, 0.4) is 0 Å². The van der Waals surface area contributed by atoms with Crippen LogP contribution in [-0.2, 0) is 0 Å². The van der Waals surface area contributed by atoms with E-state index in [0.29, 0.717) is 5.89 Å². The fourth-order valence-corrected chi connectivity index (χ4v) is 3.17. The Labute approximate surface area is 143 Å². The van der Waals surface area contributed by atoms with Gasteiger partial charge in [-0.1, -0.05) is 30.3 Å². The molecule has 2 aromatic heterocycles. The smallest absolute Gasteiger partial charge is 0.246 e. The molecule has 0 spiro atoms. The fourth-order valence-electron chi connectivity index (χ4n) is 2.37. The summed E-state index contributed by atoms with van der Waals surface area (Å²) < 4.78 is 11.0. The molecule has 0 fully saturated rings. The van der Waals surface area contributed by atoms with E-state index in [1.807, 2.05) is 60.0 Å². The maximum Gasteiger partial charge on any atom is 0.246 e. The van der Waals surface area contributed by atoms with E-state index in [1.165, 1.54) is 0 Å². The van der Waals surface area contributed by atoms with Crippen molar-refractivity contribution in [1.29, 1.82) is 0 Å². The molecule has 4 rings (SSSR count). The first kappa shape index (κ1) is 14.7. The second-order valence-electron chi connectivity index (χ2n) is 5.16. The number of ether oxygens (including phenoxy) is 1. The maximum absolute atomic E-state index is 5.85. The van der Waals surface area contributed by atoms with Gasteiger partial charge in [-0.05, 0) is 24.3 Å². The van der Waals surface area contributed by atoms with Crippen molar-refractivity contribution in [2.45, 2.75) is 0 Å². The zero-order chi connectivity index (χ0) is 16.4. The van der Waals surface area contributed by atoms with Crippen LogP contribution in [0.15, 0.2) is 70.6 Å². The molecule has 0 saturated carbocycles. The summed E-state index contributed by atoms with van der Waals surface area (Å²) >= 11 is 1.56. The van der Waals surface area contributed by atoms with Gasteiger partial charge < -0.3 is 9.15 Å². The number of hydrogen-bond acceptors (Lipinski definition) is 5. The lowest BCUT2D eigenvalue weighted by molar-refractivity contribution is 0.415. The molecule has 5 heteroatoms. The summed E-state index contributed by atoms with van der Waals surface area (Å²) in [5.41, 5.74) is 2.79. The van der Waals surface area contributed by atoms with Crippen molar-refractivity contribution in [3.05, 3.63) is 66.2 Å². The molecular weight excluding hydrogens is 320 g/mol. The molecule has 0 bridgehead atoms. The van der Waals surface area contributed by atoms with E-state index in [0.717, 1.165) is 33.3 Å². The molecule has 4 nitrogen and oxygen atoms in total. The molecule has 0 aliphatic rings. The average Bonchev–Trinajstić information content (AvgIpc) is 3.32. The molecule has 2 heterocycles. The molecule has 0 aliphatic carbocycles. The van der Waals surface area contributed by atoms with Gasteiger partial charge in [-0.3, -0.25) is 0 Å². The highest BCUT2D eigenvalue weighted by Crippen LogP contribution is 2.31. The number of rotatable bonds is 4. The quantitative estimate of drug-likeness (QED) is 0.518. The molecule has 2 aromatic carbocycles. The summed E-state index contributed by atoms with van der Waals surface area (Å²) in [6.07, 6.45) is 1.73. The second kappa shape index (κ2) is 6.29. The summed E-state index contributed by atoms with van der Waals surface area (Å²) in [7, 11) is 1.66. The summed E-state index contributed by atoms with van der Waals surface area (Å²) in [6, 6.07) is 17.7. The molecule has 0 aliphatic heterocycles. The van der Waals surface area contributed by atoms with Crippen molar-refractivity contribution in [2.24, 2.45) is 0 Å². The Balaban J connectivity index is 1.62. The van der Waals surface area contributed by atoms with Gasteiger partial charge in [0.05, 0.1) is 13.3 Å². The van der Waals surface area contributed by atoms with E-state index in [9.17, 15) is 0 Å². The molecule has 0 saturated heterocycles. The van der Waals surface area contributed by atoms with E-state index >= 15 is 0 Å². The van der Waals surface area contributed by atoms with Gasteiger partial charge in [0.1, 0.15) is 16.5 Å². The van der Waals surface area contributed by atoms with Crippen molar-refractivity contribution in [3.63, 3.8) is 0 Å². The third-order valence-electron chi connectivity index (χ3n) is 3.62. The van der Waals surface area contributed by atoms with Gasteiger partial charge in [0, 0.05) is 16.5 Å². The molecule has 24 heavy (non-hydrogen) atoms. The van der Waals surface area contributed by atoms with Crippen LogP contribution in [0.1, 0.15) is 0 Å². The van der Waals surface area contributed by atoms with Gasteiger partial charge in [-0.15, -0.1) is 11.3 Å². The minimum Gasteiger partial charge on any atom is -0.497 e. The van der Waals surface area contributed by atoms with Crippen molar-refractivity contribution in [1.82, 2.24) is 9.97 Å². The maximum atomic E-state index is 5.85. The number of nitrogens with zero attached hydrogens (tertiary/aromatic N) is 2. The molecule has 0 unspecified atom stereocenters. The van der Waals surface area contributed by atoms with Crippen LogP contribution in [0.4, 0.5) is 0 Å². The average molecular weight is 334 g/mol. The Kier molecular flexibility index (Phi) is 3.84. The molecule has 0 atom stereocenters. The Hall–Kier alpha value is -2.92. The third kappa shape index (κ3) is 2.81. The summed E-state index contributed by atoms with van der Waals surface area (Å²) in [4.78, 5) is 8.99. The zero-order valence-electron chi connectivity index (χ0n) is 13.0. The van der Waals surface area contributed by atoms with E-state index in [1.54, 1.807) is 24.6 Å². The third-order valence-corrected chi connectivity index (χ3v) is 4.52. The number of benzene rings is 2. The second-order valence-corrected chi connectivity index (χ2v) is 6.02. The minimum atomic E-state index is 0.532. The highest BCUT2D eigenvalue weighted by atomic mass is 32.1. The molecular formula is C19H14N2O2S. The van der Waals surface area contributed by atoms with Crippen LogP contribution < -0.4 is 4.74 Å². The molecule has 118 valence electrons. The van der Waals surface area contributed by atoms with E-state index in [4.69, 9.17) is 9.15 Å². The summed E-state index contributed by atoms with van der Waals surface area (Å²) in [5, 5.41) is 2.88. The van der Waals surface area contributed by atoms with Crippen LogP contribution in [0.25, 0.3) is 33.5 Å². The Morgan fingerprint density at radius 2 is 1.75 bits per heavy atom. The van der Waals surface area contributed by atoms with Gasteiger partial charge >= 0.3 is 0 Å². The van der Waals surface area contributed by atoms with Gasteiger partial charge in [0.2, 0.25) is 5.89 Å². The Morgan fingerprint density at radius 3 is 2.50 bits per heavy atom. The lowest BCUT2D eigenvalue weighted by Crippen LogP contribution is -1.82. The topological polar surface area (TPSA) is 48.2 Å². The molecule has 0 N–H and O–H groups in total. The van der Waals surface area contributed by atoms with Gasteiger partial charge in [0.25, 0.3) is 0 Å². The van der Waals surface area contributed by atoms with Crippen molar-refractivity contribution in [2.75, 3.05) is 7.11 Å². The monoisotopic (exact) mass is 334 g/mol. The van der Waals surface area contributed by atoms with Crippen LogP contribution >= 0.6 is 11.3 Å². The standard InChI is InChI=1S/C19H14N2O2S/c1-22-15-9-7-14(8-10-15)19-21-16(12-24-19)18-20-11-17(23-18)13-5-3-2-4-6-13/h2-12H,1H3. The largest absolute Gasteiger partial charge is 0.497 e. The summed E-state index contributed by atoms with van der Waals surface area (Å²) in [5.74, 6) is 2.10. The van der Waals surface area contributed by atoms with Gasteiger partial charge in [-0.2, -0.15) is 0 Å². The Morgan fingerprint density at radius 1 is 0.958 bits per heavy atom. The van der Waals surface area contributed by atoms with Gasteiger partial charge in [-0.25, -0.2) is 9.97 Å². The summed E-state index contributed by atoms with van der Waals surface area (Å²) in [6.45, 7) is 0. The van der Waals surface area contributed by atoms with E-state index < -0.39 is 0 Å². The first-order valence-electron chi connectivity index (χ1n) is 7.45. The normalized spacial score (nSPS) is 10.7. The number of methoxy groups -OCH3 is 1. The van der Waals surface area contributed by atoms with Crippen molar-refractivity contribution in [3.8, 4) is 39.2 Å². The Bertz CT molecular complexity index is 943. The highest BCUT2D eigenvalue weighted by molar-refractivity contribution is 7.13. The van der Waals surface area contributed by atoms with Crippen molar-refractivity contribution < 1.29 is 9.15 Å². The van der Waals surface area contributed by atoms with Crippen LogP contribution in [-0.4, -0.2) is 17.1 Å². The predicted octanol–water partition coefficient (Wildman–Crippen LogP) is 5.14. The lowest BCUT2D eigenvalue weighted by atomic mass is 10.2. The lowest BCUT2D eigenvalue weighted by Gasteiger charge is -2.00. The SMILES string of the molecule is COc1ccc(-c2nc(-c3ncc(-c4ccccc4)o3)cs2)cc1. The highest BCUT2D eigenvalue weighted by Gasteiger charge is 2.13. The van der Waals surface area contributed by atoms with Crippen LogP contribution in [0.5, 0.6) is 5.75 Å². The first-order chi connectivity index (χ1) is 11.8. The predicted molar refractivity (Wildman–Crippen MR) is 95.0 cm³/mol. The molecule has 0 radical (unpaired) electrons. The number of thiazole rings is 1. The number of aromatic nitrogens is 2. The van der Waals surface area contributed by atoms with E-state index in [2.05, 4.69) is 9.97 Å². The van der Waals surface area contributed by atoms with Gasteiger partial charge in [0.15, 0.2) is 5.76 Å². The van der Waals surface area contributed by atoms with E-state index in [-0.39, 0.29) is 0 Å². The minimum absolute atomic E-state index is 0.532. The number of hydrogen-bond donors (Lipinski definition) is 0. The molecule has 4 aromatic rings. The number of oxazole rings is 1. The van der Waals surface area contributed by atoms with Crippen LogP contribution in [0.2, 0.25) is 0 Å². The van der Waals surface area contributed by atoms with Crippen molar-refractivity contribution >= 4 is 11.3 Å².